The van der Waals surface area contributed by atoms with Gasteiger partial charge in [0.1, 0.15) is 5.01 Å². The lowest BCUT2D eigenvalue weighted by Gasteiger charge is -2.40. The van der Waals surface area contributed by atoms with Gasteiger partial charge in [-0.15, -0.1) is 10.2 Å². The summed E-state index contributed by atoms with van der Waals surface area (Å²) in [6.45, 7) is 2.32. The molecule has 0 atom stereocenters. The van der Waals surface area contributed by atoms with Crippen molar-refractivity contribution in [2.24, 2.45) is 0 Å². The van der Waals surface area contributed by atoms with Gasteiger partial charge in [-0.05, 0) is 38.2 Å². The molecule has 4 rings (SSSR count). The predicted molar refractivity (Wildman–Crippen MR) is 109 cm³/mol. The molecule has 1 saturated heterocycles. The SMILES string of the molecule is CCS(=O)(=O)N1CCC(C(=O)Nc2nnc(C3CC3)s2)(c2ccccc2)CC1. The number of rotatable bonds is 6. The summed E-state index contributed by atoms with van der Waals surface area (Å²) in [5.41, 5.74) is 0.139. The van der Waals surface area contributed by atoms with E-state index in [0.29, 0.717) is 37.0 Å². The summed E-state index contributed by atoms with van der Waals surface area (Å²) in [6, 6.07) is 9.63. The highest BCUT2D eigenvalue weighted by Crippen LogP contribution is 2.43. The zero-order valence-electron chi connectivity index (χ0n) is 15.8. The Bertz CT molecular complexity index is 947. The first-order valence-corrected chi connectivity index (χ1v) is 12.1. The van der Waals surface area contributed by atoms with Gasteiger partial charge in [-0.1, -0.05) is 41.7 Å². The highest BCUT2D eigenvalue weighted by atomic mass is 32.2. The Hall–Kier alpha value is -1.84. The van der Waals surface area contributed by atoms with E-state index in [1.165, 1.54) is 15.6 Å². The number of anilines is 1. The van der Waals surface area contributed by atoms with E-state index in [4.69, 9.17) is 0 Å². The van der Waals surface area contributed by atoms with E-state index in [2.05, 4.69) is 15.5 Å². The zero-order chi connectivity index (χ0) is 19.8. The number of carbonyl (C=O) groups is 1. The summed E-state index contributed by atoms with van der Waals surface area (Å²) in [4.78, 5) is 13.4. The second kappa shape index (κ2) is 7.53. The predicted octanol–water partition coefficient (Wildman–Crippen LogP) is 2.74. The molecule has 7 nitrogen and oxygen atoms in total. The third kappa shape index (κ3) is 3.70. The lowest BCUT2D eigenvalue weighted by atomic mass is 9.72. The molecule has 2 aliphatic rings. The fourth-order valence-electron chi connectivity index (χ4n) is 3.73. The summed E-state index contributed by atoms with van der Waals surface area (Å²) >= 11 is 1.44. The van der Waals surface area contributed by atoms with Crippen LogP contribution in [0.3, 0.4) is 0 Å². The van der Waals surface area contributed by atoms with Gasteiger partial charge >= 0.3 is 0 Å². The van der Waals surface area contributed by atoms with E-state index < -0.39 is 15.4 Å². The van der Waals surface area contributed by atoms with E-state index in [1.54, 1.807) is 6.92 Å². The van der Waals surface area contributed by atoms with Crippen molar-refractivity contribution in [1.82, 2.24) is 14.5 Å². The molecule has 28 heavy (non-hydrogen) atoms. The normalized spacial score (nSPS) is 20.0. The Balaban J connectivity index is 1.58. The summed E-state index contributed by atoms with van der Waals surface area (Å²) in [5, 5.41) is 12.8. The van der Waals surface area contributed by atoms with Crippen LogP contribution in [0.2, 0.25) is 0 Å². The van der Waals surface area contributed by atoms with Gasteiger partial charge in [0.2, 0.25) is 21.1 Å². The minimum Gasteiger partial charge on any atom is -0.300 e. The molecule has 150 valence electrons. The van der Waals surface area contributed by atoms with Gasteiger partial charge < -0.3 is 0 Å². The number of amides is 1. The van der Waals surface area contributed by atoms with Crippen molar-refractivity contribution in [3.8, 4) is 0 Å². The second-order valence-corrected chi connectivity index (χ2v) is 10.7. The fraction of sp³-hybridized carbons (Fsp3) is 0.526. The maximum atomic E-state index is 13.4. The molecule has 1 aromatic carbocycles. The number of aromatic nitrogens is 2. The van der Waals surface area contributed by atoms with Gasteiger partial charge in [0.25, 0.3) is 0 Å². The molecule has 0 spiro atoms. The minimum atomic E-state index is -3.26. The van der Waals surface area contributed by atoms with Crippen molar-refractivity contribution in [3.63, 3.8) is 0 Å². The third-order valence-electron chi connectivity index (χ3n) is 5.68. The smallest absolute Gasteiger partial charge is 0.236 e. The van der Waals surface area contributed by atoms with Crippen LogP contribution < -0.4 is 5.32 Å². The van der Waals surface area contributed by atoms with Crippen LogP contribution in [0.1, 0.15) is 49.1 Å². The maximum absolute atomic E-state index is 13.4. The van der Waals surface area contributed by atoms with Gasteiger partial charge in [-0.25, -0.2) is 12.7 Å². The second-order valence-electron chi connectivity index (χ2n) is 7.42. The topological polar surface area (TPSA) is 92.3 Å². The van der Waals surface area contributed by atoms with Crippen LogP contribution in [0.15, 0.2) is 30.3 Å². The van der Waals surface area contributed by atoms with Crippen molar-refractivity contribution in [3.05, 3.63) is 40.9 Å². The van der Waals surface area contributed by atoms with Crippen molar-refractivity contribution >= 4 is 32.4 Å². The maximum Gasteiger partial charge on any atom is 0.236 e. The molecule has 0 unspecified atom stereocenters. The standard InChI is InChI=1S/C19H24N4O3S2/c1-2-28(25,26)23-12-10-19(11-13-23,15-6-4-3-5-7-15)17(24)20-18-22-21-16(27-18)14-8-9-14/h3-7,14H,2,8-13H2,1H3,(H,20,22,24). The molecular weight excluding hydrogens is 396 g/mol. The third-order valence-corrected chi connectivity index (χ3v) is 8.57. The average molecular weight is 421 g/mol. The van der Waals surface area contributed by atoms with E-state index in [9.17, 15) is 13.2 Å². The summed E-state index contributed by atoms with van der Waals surface area (Å²) < 4.78 is 26.0. The lowest BCUT2D eigenvalue weighted by Crippen LogP contribution is -2.51. The quantitative estimate of drug-likeness (QED) is 0.776. The highest BCUT2D eigenvalue weighted by Gasteiger charge is 2.45. The van der Waals surface area contributed by atoms with Gasteiger partial charge in [0.15, 0.2) is 0 Å². The van der Waals surface area contributed by atoms with Gasteiger partial charge in [0, 0.05) is 19.0 Å². The average Bonchev–Trinajstić information content (AvgIpc) is 3.48. The Morgan fingerprint density at radius 3 is 2.50 bits per heavy atom. The first-order valence-electron chi connectivity index (χ1n) is 9.63. The molecule has 2 aromatic rings. The molecule has 1 aliphatic carbocycles. The highest BCUT2D eigenvalue weighted by molar-refractivity contribution is 7.89. The molecule has 0 bridgehead atoms. The van der Waals surface area contributed by atoms with Gasteiger partial charge in [0.05, 0.1) is 11.2 Å². The van der Waals surface area contributed by atoms with Crippen molar-refractivity contribution in [2.45, 2.75) is 43.9 Å². The van der Waals surface area contributed by atoms with Crippen LogP contribution in [-0.4, -0.2) is 47.7 Å². The zero-order valence-corrected chi connectivity index (χ0v) is 17.4. The van der Waals surface area contributed by atoms with Crippen molar-refractivity contribution in [1.29, 1.82) is 0 Å². The Kier molecular flexibility index (Phi) is 5.24. The molecule has 2 heterocycles. The number of nitrogens with zero attached hydrogens (tertiary/aromatic N) is 3. The molecule has 1 saturated carbocycles. The molecule has 1 N–H and O–H groups in total. The van der Waals surface area contributed by atoms with Crippen LogP contribution in [0.25, 0.3) is 0 Å². The van der Waals surface area contributed by atoms with Gasteiger partial charge in [-0.3, -0.25) is 10.1 Å². The van der Waals surface area contributed by atoms with Crippen LogP contribution in [-0.2, 0) is 20.2 Å². The molecule has 1 aliphatic heterocycles. The Labute approximate surface area is 169 Å². The largest absolute Gasteiger partial charge is 0.300 e. The number of piperidine rings is 1. The minimum absolute atomic E-state index is 0.0757. The Morgan fingerprint density at radius 2 is 1.89 bits per heavy atom. The van der Waals surface area contributed by atoms with Crippen LogP contribution in [0.5, 0.6) is 0 Å². The monoisotopic (exact) mass is 420 g/mol. The molecule has 9 heteroatoms. The number of benzene rings is 1. The summed E-state index contributed by atoms with van der Waals surface area (Å²) in [5.74, 6) is 0.436. The van der Waals surface area contributed by atoms with Gasteiger partial charge in [-0.2, -0.15) is 0 Å². The number of carbonyl (C=O) groups excluding carboxylic acids is 1. The first-order chi connectivity index (χ1) is 13.4. The van der Waals surface area contributed by atoms with Crippen LogP contribution >= 0.6 is 11.3 Å². The van der Waals surface area contributed by atoms with E-state index in [0.717, 1.165) is 23.4 Å². The number of sulfonamides is 1. The number of hydrogen-bond acceptors (Lipinski definition) is 6. The lowest BCUT2D eigenvalue weighted by molar-refractivity contribution is -0.123. The summed E-state index contributed by atoms with van der Waals surface area (Å²) in [6.07, 6.45) is 3.16. The Morgan fingerprint density at radius 1 is 1.21 bits per heavy atom. The molecule has 2 fully saturated rings. The van der Waals surface area contributed by atoms with Crippen LogP contribution in [0.4, 0.5) is 5.13 Å². The first kappa shape index (κ1) is 19.5. The molecule has 1 aromatic heterocycles. The van der Waals surface area contributed by atoms with Crippen molar-refractivity contribution in [2.75, 3.05) is 24.2 Å². The number of nitrogens with one attached hydrogen (secondary N) is 1. The van der Waals surface area contributed by atoms with Crippen molar-refractivity contribution < 1.29 is 13.2 Å². The number of hydrogen-bond donors (Lipinski definition) is 1. The molecule has 1 amide bonds. The van der Waals surface area contributed by atoms with E-state index in [1.807, 2.05) is 30.3 Å². The summed E-state index contributed by atoms with van der Waals surface area (Å²) in [7, 11) is -3.26. The van der Waals surface area contributed by atoms with E-state index >= 15 is 0 Å². The van der Waals surface area contributed by atoms with Crippen LogP contribution in [0, 0.1) is 0 Å². The fourth-order valence-corrected chi connectivity index (χ4v) is 5.74. The molecular formula is C19H24N4O3S2. The van der Waals surface area contributed by atoms with E-state index in [-0.39, 0.29) is 11.7 Å². The molecule has 0 radical (unpaired) electrons.